The highest BCUT2D eigenvalue weighted by Gasteiger charge is 2.10. The van der Waals surface area contributed by atoms with E-state index in [4.69, 9.17) is 16.3 Å². The van der Waals surface area contributed by atoms with E-state index in [9.17, 15) is 9.90 Å². The van der Waals surface area contributed by atoms with E-state index in [0.717, 1.165) is 22.4 Å². The molecule has 0 bridgehead atoms. The molecule has 0 aliphatic heterocycles. The number of nitrogens with zero attached hydrogens (tertiary/aromatic N) is 2. The van der Waals surface area contributed by atoms with Gasteiger partial charge in [-0.3, -0.25) is 9.89 Å². The van der Waals surface area contributed by atoms with E-state index in [0.29, 0.717) is 17.3 Å². The fraction of sp³-hybridized carbons (Fsp3) is 0.0417. The van der Waals surface area contributed by atoms with Crippen LogP contribution in [0, 0.1) is 0 Å². The fourth-order valence-electron chi connectivity index (χ4n) is 2.84. The van der Waals surface area contributed by atoms with Crippen molar-refractivity contribution in [3.05, 3.63) is 101 Å². The molecule has 0 fully saturated rings. The Bertz CT molecular complexity index is 1220. The molecule has 0 aliphatic carbocycles. The number of hydrogen-bond donors (Lipinski definition) is 3. The maximum Gasteiger partial charge on any atom is 0.289 e. The number of hydrazone groups is 1. The number of carbonyl (C=O) groups excluding carboxylic acids is 1. The minimum atomic E-state index is -0.415. The molecule has 160 valence electrons. The van der Waals surface area contributed by atoms with Crippen molar-refractivity contribution in [1.82, 2.24) is 15.6 Å². The van der Waals surface area contributed by atoms with Gasteiger partial charge in [0.25, 0.3) is 5.91 Å². The predicted molar refractivity (Wildman–Crippen MR) is 123 cm³/mol. The number of nitrogens with one attached hydrogen (secondary N) is 2. The molecule has 4 rings (SSSR count). The molecular formula is C24H19ClN4O3. The molecule has 0 spiro atoms. The van der Waals surface area contributed by atoms with Crippen LogP contribution in [0.25, 0.3) is 11.3 Å². The molecule has 0 aliphatic rings. The predicted octanol–water partition coefficient (Wildman–Crippen LogP) is 4.78. The second kappa shape index (κ2) is 9.80. The van der Waals surface area contributed by atoms with E-state index in [-0.39, 0.29) is 11.4 Å². The number of benzene rings is 3. The minimum absolute atomic E-state index is 0.164. The van der Waals surface area contributed by atoms with E-state index >= 15 is 0 Å². The van der Waals surface area contributed by atoms with Gasteiger partial charge in [-0.05, 0) is 77.9 Å². The molecule has 1 aromatic heterocycles. The molecule has 1 amide bonds. The Labute approximate surface area is 189 Å². The summed E-state index contributed by atoms with van der Waals surface area (Å²) >= 11 is 5.89. The van der Waals surface area contributed by atoms with Gasteiger partial charge < -0.3 is 9.84 Å². The van der Waals surface area contributed by atoms with Crippen LogP contribution in [-0.2, 0) is 6.61 Å². The molecule has 8 heteroatoms. The fourth-order valence-corrected chi connectivity index (χ4v) is 2.97. The zero-order valence-electron chi connectivity index (χ0n) is 16.8. The topological polar surface area (TPSA) is 99.6 Å². The number of H-pyrrole nitrogens is 1. The second-order valence-electron chi connectivity index (χ2n) is 6.90. The van der Waals surface area contributed by atoms with Gasteiger partial charge in [0.15, 0.2) is 0 Å². The van der Waals surface area contributed by atoms with Gasteiger partial charge in [-0.25, -0.2) is 5.43 Å². The first kappa shape index (κ1) is 21.1. The first-order valence-corrected chi connectivity index (χ1v) is 10.1. The van der Waals surface area contributed by atoms with Crippen LogP contribution < -0.4 is 10.2 Å². The molecule has 1 heterocycles. The lowest BCUT2D eigenvalue weighted by Crippen LogP contribution is -2.17. The van der Waals surface area contributed by atoms with Crippen LogP contribution in [0.2, 0.25) is 5.02 Å². The number of ether oxygens (including phenoxy) is 1. The maximum absolute atomic E-state index is 12.3. The van der Waals surface area contributed by atoms with Crippen molar-refractivity contribution < 1.29 is 14.6 Å². The molecule has 32 heavy (non-hydrogen) atoms. The third kappa shape index (κ3) is 5.53. The van der Waals surface area contributed by atoms with Crippen molar-refractivity contribution in [2.45, 2.75) is 6.61 Å². The van der Waals surface area contributed by atoms with Crippen LogP contribution in [0.1, 0.15) is 21.6 Å². The van der Waals surface area contributed by atoms with E-state index < -0.39 is 5.91 Å². The Balaban J connectivity index is 1.33. The summed E-state index contributed by atoms with van der Waals surface area (Å²) in [6.07, 6.45) is 1.48. The number of aromatic amines is 1. The van der Waals surface area contributed by atoms with E-state index in [1.807, 2.05) is 48.5 Å². The van der Waals surface area contributed by atoms with Crippen LogP contribution >= 0.6 is 11.6 Å². The normalized spacial score (nSPS) is 10.9. The lowest BCUT2D eigenvalue weighted by atomic mass is 10.1. The van der Waals surface area contributed by atoms with Gasteiger partial charge in [0.1, 0.15) is 23.8 Å². The average Bonchev–Trinajstić information content (AvgIpc) is 3.31. The second-order valence-corrected chi connectivity index (χ2v) is 7.33. The third-order valence-corrected chi connectivity index (χ3v) is 4.82. The van der Waals surface area contributed by atoms with Crippen LogP contribution in [-0.4, -0.2) is 27.4 Å². The molecule has 0 unspecified atom stereocenters. The first-order chi connectivity index (χ1) is 15.6. The third-order valence-electron chi connectivity index (χ3n) is 4.56. The summed E-state index contributed by atoms with van der Waals surface area (Å²) in [5, 5.41) is 20.8. The maximum atomic E-state index is 12.3. The standard InChI is InChI=1S/C24H19ClN4O3/c25-19-7-1-17(2-8-19)15-32-21-11-5-18(6-12-21)22-13-23(28-27-22)24(31)29-26-14-16-3-9-20(30)10-4-16/h1-14,30H,15H2,(H,27,28)(H,29,31)/b26-14-. The first-order valence-electron chi connectivity index (χ1n) is 9.72. The van der Waals surface area contributed by atoms with Crippen LogP contribution in [0.3, 0.4) is 0 Å². The van der Waals surface area contributed by atoms with E-state index in [2.05, 4.69) is 20.7 Å². The number of rotatable bonds is 7. The zero-order chi connectivity index (χ0) is 22.3. The number of aromatic hydroxyl groups is 1. The van der Waals surface area contributed by atoms with Crippen LogP contribution in [0.5, 0.6) is 11.5 Å². The van der Waals surface area contributed by atoms with Gasteiger partial charge >= 0.3 is 0 Å². The van der Waals surface area contributed by atoms with Gasteiger partial charge in [-0.2, -0.15) is 10.2 Å². The van der Waals surface area contributed by atoms with E-state index in [1.165, 1.54) is 6.21 Å². The Morgan fingerprint density at radius 2 is 1.78 bits per heavy atom. The number of aromatic nitrogens is 2. The summed E-state index contributed by atoms with van der Waals surface area (Å²) in [6, 6.07) is 23.0. The number of halogens is 1. The summed E-state index contributed by atoms with van der Waals surface area (Å²) < 4.78 is 5.79. The Kier molecular flexibility index (Phi) is 6.48. The average molecular weight is 447 g/mol. The molecule has 0 saturated heterocycles. The Morgan fingerprint density at radius 3 is 2.50 bits per heavy atom. The van der Waals surface area contributed by atoms with Crippen molar-refractivity contribution in [2.24, 2.45) is 5.10 Å². The number of carbonyl (C=O) groups is 1. The van der Waals surface area contributed by atoms with Crippen molar-refractivity contribution in [3.63, 3.8) is 0 Å². The molecule has 3 N–H and O–H groups in total. The molecule has 0 atom stereocenters. The van der Waals surface area contributed by atoms with Crippen molar-refractivity contribution >= 4 is 23.7 Å². The highest BCUT2D eigenvalue weighted by Crippen LogP contribution is 2.22. The number of amides is 1. The number of phenols is 1. The van der Waals surface area contributed by atoms with Gasteiger partial charge in [0.05, 0.1) is 11.9 Å². The van der Waals surface area contributed by atoms with Gasteiger partial charge in [-0.1, -0.05) is 23.7 Å². The van der Waals surface area contributed by atoms with Gasteiger partial charge in [-0.15, -0.1) is 0 Å². The highest BCUT2D eigenvalue weighted by atomic mass is 35.5. The summed E-state index contributed by atoms with van der Waals surface area (Å²) in [5.41, 5.74) is 5.95. The SMILES string of the molecule is O=C(N/N=C\c1ccc(O)cc1)c1cc(-c2ccc(OCc3ccc(Cl)cc3)cc2)n[nH]1. The monoisotopic (exact) mass is 446 g/mol. The molecule has 4 aromatic rings. The summed E-state index contributed by atoms with van der Waals surface area (Å²) in [6.45, 7) is 0.438. The highest BCUT2D eigenvalue weighted by molar-refractivity contribution is 6.30. The largest absolute Gasteiger partial charge is 0.508 e. The minimum Gasteiger partial charge on any atom is -0.508 e. The van der Waals surface area contributed by atoms with Crippen molar-refractivity contribution in [1.29, 1.82) is 0 Å². The van der Waals surface area contributed by atoms with Crippen LogP contribution in [0.15, 0.2) is 84.0 Å². The quantitative estimate of drug-likeness (QED) is 0.281. The van der Waals surface area contributed by atoms with Crippen LogP contribution in [0.4, 0.5) is 0 Å². The lowest BCUT2D eigenvalue weighted by molar-refractivity contribution is 0.0950. The molecule has 7 nitrogen and oxygen atoms in total. The number of phenolic OH excluding ortho intramolecular Hbond substituents is 1. The van der Waals surface area contributed by atoms with E-state index in [1.54, 1.807) is 30.3 Å². The molecular weight excluding hydrogens is 428 g/mol. The number of hydrogen-bond acceptors (Lipinski definition) is 5. The summed E-state index contributed by atoms with van der Waals surface area (Å²) in [7, 11) is 0. The van der Waals surface area contributed by atoms with Crippen molar-refractivity contribution in [2.75, 3.05) is 0 Å². The molecule has 3 aromatic carbocycles. The van der Waals surface area contributed by atoms with Crippen molar-refractivity contribution in [3.8, 4) is 22.8 Å². The Morgan fingerprint density at radius 1 is 1.06 bits per heavy atom. The van der Waals surface area contributed by atoms with Gasteiger partial charge in [0.2, 0.25) is 0 Å². The smallest absolute Gasteiger partial charge is 0.289 e. The Hall–Kier alpha value is -4.10. The lowest BCUT2D eigenvalue weighted by Gasteiger charge is -2.07. The van der Waals surface area contributed by atoms with Gasteiger partial charge in [0, 0.05) is 10.6 Å². The zero-order valence-corrected chi connectivity index (χ0v) is 17.6. The molecule has 0 saturated carbocycles. The molecule has 0 radical (unpaired) electrons. The summed E-state index contributed by atoms with van der Waals surface area (Å²) in [4.78, 5) is 12.3. The summed E-state index contributed by atoms with van der Waals surface area (Å²) in [5.74, 6) is 0.472.